The molecule has 0 bridgehead atoms. The quantitative estimate of drug-likeness (QED) is 0.734. The molecule has 0 atom stereocenters. The van der Waals surface area contributed by atoms with Gasteiger partial charge in [0.2, 0.25) is 0 Å². The molecular weight excluding hydrogens is 156 g/mol. The van der Waals surface area contributed by atoms with E-state index < -0.39 is 0 Å². The van der Waals surface area contributed by atoms with E-state index in [4.69, 9.17) is 13.9 Å². The van der Waals surface area contributed by atoms with Gasteiger partial charge in [0.05, 0.1) is 11.8 Å². The minimum absolute atomic E-state index is 0.114. The molecule has 0 aliphatic carbocycles. The average Bonchev–Trinajstić information content (AvgIpc) is 2.75. The Kier molecular flexibility index (Phi) is 1.72. The van der Waals surface area contributed by atoms with Gasteiger partial charge < -0.3 is 13.9 Å². The van der Waals surface area contributed by atoms with Crippen LogP contribution in [0.2, 0.25) is 0 Å². The summed E-state index contributed by atoms with van der Waals surface area (Å²) in [7, 11) is 0. The third kappa shape index (κ3) is 1.14. The van der Waals surface area contributed by atoms with Crippen molar-refractivity contribution in [3.8, 4) is 11.3 Å². The normalized spacial score (nSPS) is 10.4. The van der Waals surface area contributed by atoms with E-state index in [1.54, 1.807) is 18.4 Å². The van der Waals surface area contributed by atoms with Crippen molar-refractivity contribution in [3.05, 3.63) is 36.5 Å². The van der Waals surface area contributed by atoms with Gasteiger partial charge in [0, 0.05) is 0 Å². The summed E-state index contributed by atoms with van der Waals surface area (Å²) in [6.45, 7) is -0.114. The molecule has 2 aromatic rings. The average molecular weight is 163 g/mol. The first kappa shape index (κ1) is 7.18. The van der Waals surface area contributed by atoms with Crippen LogP contribution in [0, 0.1) is 6.26 Å². The van der Waals surface area contributed by atoms with Gasteiger partial charge in [0.25, 0.3) is 0 Å². The fraction of sp³-hybridized carbons (Fsp3) is 0.111. The standard InChI is InChI=1S/C9H7O3/c10-5-8-4-7(6-12-8)9-2-1-3-11-9/h1-4,10H,5H2. The number of aliphatic hydroxyl groups is 1. The van der Waals surface area contributed by atoms with Crippen LogP contribution in [0.25, 0.3) is 11.3 Å². The van der Waals surface area contributed by atoms with Crippen molar-refractivity contribution in [2.45, 2.75) is 6.61 Å². The van der Waals surface area contributed by atoms with E-state index >= 15 is 0 Å². The molecule has 0 fully saturated rings. The van der Waals surface area contributed by atoms with Crippen LogP contribution in [-0.2, 0) is 6.61 Å². The second-order valence-corrected chi connectivity index (χ2v) is 2.36. The second kappa shape index (κ2) is 2.87. The van der Waals surface area contributed by atoms with Crippen molar-refractivity contribution < 1.29 is 13.9 Å². The molecule has 3 heteroatoms. The van der Waals surface area contributed by atoms with Crippen molar-refractivity contribution in [1.29, 1.82) is 0 Å². The van der Waals surface area contributed by atoms with E-state index in [0.29, 0.717) is 11.5 Å². The van der Waals surface area contributed by atoms with Gasteiger partial charge in [-0.05, 0) is 18.2 Å². The van der Waals surface area contributed by atoms with Crippen LogP contribution in [0.3, 0.4) is 0 Å². The SMILES string of the molecule is OCc1cc(-c2ccco2)[c]o1. The summed E-state index contributed by atoms with van der Waals surface area (Å²) >= 11 is 0. The van der Waals surface area contributed by atoms with Crippen LogP contribution in [0.15, 0.2) is 33.3 Å². The van der Waals surface area contributed by atoms with Crippen molar-refractivity contribution in [1.82, 2.24) is 0 Å². The second-order valence-electron chi connectivity index (χ2n) is 2.36. The first-order valence-corrected chi connectivity index (χ1v) is 3.55. The summed E-state index contributed by atoms with van der Waals surface area (Å²) in [5, 5.41) is 8.70. The molecule has 2 aromatic heterocycles. The molecule has 0 saturated heterocycles. The Labute approximate surface area is 69.2 Å². The molecule has 2 heterocycles. The molecule has 1 radical (unpaired) electrons. The molecule has 0 saturated carbocycles. The van der Waals surface area contributed by atoms with Gasteiger partial charge in [-0.2, -0.15) is 0 Å². The van der Waals surface area contributed by atoms with Gasteiger partial charge in [-0.3, -0.25) is 0 Å². The van der Waals surface area contributed by atoms with E-state index in [-0.39, 0.29) is 6.61 Å². The Morgan fingerprint density at radius 1 is 1.50 bits per heavy atom. The zero-order valence-corrected chi connectivity index (χ0v) is 6.28. The topological polar surface area (TPSA) is 46.5 Å². The van der Waals surface area contributed by atoms with Crippen LogP contribution in [0.5, 0.6) is 0 Å². The van der Waals surface area contributed by atoms with Crippen LogP contribution in [0.1, 0.15) is 5.76 Å². The largest absolute Gasteiger partial charge is 0.464 e. The van der Waals surface area contributed by atoms with E-state index in [0.717, 1.165) is 5.56 Å². The van der Waals surface area contributed by atoms with Gasteiger partial charge in [-0.1, -0.05) is 0 Å². The van der Waals surface area contributed by atoms with Gasteiger partial charge in [0.15, 0.2) is 6.26 Å². The van der Waals surface area contributed by atoms with Crippen LogP contribution < -0.4 is 0 Å². The van der Waals surface area contributed by atoms with Gasteiger partial charge in [0.1, 0.15) is 18.1 Å². The highest BCUT2D eigenvalue weighted by Crippen LogP contribution is 2.21. The number of hydrogen-bond acceptors (Lipinski definition) is 3. The molecule has 2 rings (SSSR count). The highest BCUT2D eigenvalue weighted by Gasteiger charge is 2.05. The molecule has 0 amide bonds. The first-order chi connectivity index (χ1) is 5.90. The van der Waals surface area contributed by atoms with Crippen LogP contribution >= 0.6 is 0 Å². The summed E-state index contributed by atoms with van der Waals surface area (Å²) < 4.78 is 10.0. The molecular formula is C9H7O3. The molecule has 0 aliphatic heterocycles. The minimum Gasteiger partial charge on any atom is -0.464 e. The Hall–Kier alpha value is -1.48. The number of furan rings is 2. The molecule has 1 N–H and O–H groups in total. The number of aliphatic hydroxyl groups excluding tert-OH is 1. The van der Waals surface area contributed by atoms with Crippen LogP contribution in [-0.4, -0.2) is 5.11 Å². The summed E-state index contributed by atoms with van der Waals surface area (Å²) in [6.07, 6.45) is 4.21. The van der Waals surface area contributed by atoms with Crippen LogP contribution in [0.4, 0.5) is 0 Å². The maximum atomic E-state index is 8.70. The molecule has 12 heavy (non-hydrogen) atoms. The Morgan fingerprint density at radius 3 is 3.00 bits per heavy atom. The summed E-state index contributed by atoms with van der Waals surface area (Å²) in [5.74, 6) is 1.18. The molecule has 3 nitrogen and oxygen atoms in total. The van der Waals surface area contributed by atoms with Crippen molar-refractivity contribution in [2.24, 2.45) is 0 Å². The lowest BCUT2D eigenvalue weighted by Crippen LogP contribution is -1.73. The fourth-order valence-corrected chi connectivity index (χ4v) is 0.972. The smallest absolute Gasteiger partial charge is 0.181 e. The Bertz CT molecular complexity index is 345. The minimum atomic E-state index is -0.114. The number of rotatable bonds is 2. The molecule has 0 spiro atoms. The Balaban J connectivity index is 2.35. The number of hydrogen-bond donors (Lipinski definition) is 1. The summed E-state index contributed by atoms with van der Waals surface area (Å²) in [4.78, 5) is 0. The van der Waals surface area contributed by atoms with E-state index in [1.807, 2.05) is 6.07 Å². The summed E-state index contributed by atoms with van der Waals surface area (Å²) in [5.41, 5.74) is 0.726. The van der Waals surface area contributed by atoms with E-state index in [1.165, 1.54) is 0 Å². The third-order valence-corrected chi connectivity index (χ3v) is 1.54. The zero-order valence-electron chi connectivity index (χ0n) is 6.28. The monoisotopic (exact) mass is 163 g/mol. The Morgan fingerprint density at radius 2 is 2.42 bits per heavy atom. The predicted octanol–water partition coefficient (Wildman–Crippen LogP) is 1.83. The first-order valence-electron chi connectivity index (χ1n) is 3.55. The van der Waals surface area contributed by atoms with Crippen molar-refractivity contribution >= 4 is 0 Å². The van der Waals surface area contributed by atoms with Crippen molar-refractivity contribution in [2.75, 3.05) is 0 Å². The summed E-state index contributed by atoms with van der Waals surface area (Å²) in [6, 6.07) is 5.29. The lowest BCUT2D eigenvalue weighted by atomic mass is 10.2. The molecule has 0 aromatic carbocycles. The lowest BCUT2D eigenvalue weighted by Gasteiger charge is -1.84. The van der Waals surface area contributed by atoms with Gasteiger partial charge in [-0.15, -0.1) is 0 Å². The van der Waals surface area contributed by atoms with Gasteiger partial charge in [-0.25, -0.2) is 0 Å². The van der Waals surface area contributed by atoms with E-state index in [2.05, 4.69) is 6.26 Å². The molecule has 61 valence electrons. The molecule has 0 aliphatic rings. The maximum absolute atomic E-state index is 8.70. The fourth-order valence-electron chi connectivity index (χ4n) is 0.972. The predicted molar refractivity (Wildman–Crippen MR) is 41.2 cm³/mol. The zero-order chi connectivity index (χ0) is 8.39. The maximum Gasteiger partial charge on any atom is 0.181 e. The van der Waals surface area contributed by atoms with Crippen molar-refractivity contribution in [3.63, 3.8) is 0 Å². The van der Waals surface area contributed by atoms with Gasteiger partial charge >= 0.3 is 0 Å². The third-order valence-electron chi connectivity index (χ3n) is 1.54. The highest BCUT2D eigenvalue weighted by atomic mass is 16.4. The highest BCUT2D eigenvalue weighted by molar-refractivity contribution is 5.55. The lowest BCUT2D eigenvalue weighted by molar-refractivity contribution is 0.246. The van der Waals surface area contributed by atoms with E-state index in [9.17, 15) is 0 Å². The molecule has 0 unspecified atom stereocenters.